The van der Waals surface area contributed by atoms with Crippen molar-refractivity contribution in [3.05, 3.63) is 12.3 Å². The Hall–Kier alpha value is -1.11. The van der Waals surface area contributed by atoms with Gasteiger partial charge in [0.15, 0.2) is 6.23 Å². The first-order valence-corrected chi connectivity index (χ1v) is 9.97. The maximum atomic E-state index is 12.6. The van der Waals surface area contributed by atoms with Crippen LogP contribution in [0.3, 0.4) is 0 Å². The van der Waals surface area contributed by atoms with E-state index in [1.807, 2.05) is 20.8 Å². The minimum Gasteiger partial charge on any atom is -0.459 e. The number of methoxy groups -OCH3 is 1. The smallest absolute Gasteiger partial charge is 0.309 e. The van der Waals surface area contributed by atoms with E-state index in [-0.39, 0.29) is 29.3 Å². The maximum absolute atomic E-state index is 12.6. The number of aliphatic hydroxyl groups is 2. The minimum atomic E-state index is -1.65. The highest BCUT2D eigenvalue weighted by Crippen LogP contribution is 2.33. The van der Waals surface area contributed by atoms with Crippen LogP contribution in [0.4, 0.5) is 0 Å². The van der Waals surface area contributed by atoms with Gasteiger partial charge in [0.1, 0.15) is 11.7 Å². The SMILES string of the molecule is C=C1NC(O)[C@](C)(O)[C@@H](CC)OC(=O)C(C)C[C@H](C)C[C@](C)(OC)C[C@H]1C. The second kappa shape index (κ2) is 9.39. The molecule has 0 amide bonds. The zero-order chi connectivity index (χ0) is 21.0. The van der Waals surface area contributed by atoms with E-state index < -0.39 is 17.9 Å². The van der Waals surface area contributed by atoms with Gasteiger partial charge in [-0.2, -0.15) is 0 Å². The molecule has 1 fully saturated rings. The fourth-order valence-electron chi connectivity index (χ4n) is 4.05. The largest absolute Gasteiger partial charge is 0.459 e. The van der Waals surface area contributed by atoms with Gasteiger partial charge in [0, 0.05) is 12.8 Å². The third-order valence-electron chi connectivity index (χ3n) is 5.92. The van der Waals surface area contributed by atoms with Gasteiger partial charge in [0.05, 0.1) is 11.5 Å². The van der Waals surface area contributed by atoms with Crippen LogP contribution in [0.15, 0.2) is 12.3 Å². The van der Waals surface area contributed by atoms with Crippen molar-refractivity contribution >= 4 is 5.97 Å². The van der Waals surface area contributed by atoms with Crippen molar-refractivity contribution in [2.45, 2.75) is 90.8 Å². The molecule has 1 aliphatic rings. The number of carbonyl (C=O) groups excluding carboxylic acids is 1. The number of esters is 1. The van der Waals surface area contributed by atoms with Gasteiger partial charge in [0.25, 0.3) is 0 Å². The highest BCUT2D eigenvalue weighted by molar-refractivity contribution is 5.72. The maximum Gasteiger partial charge on any atom is 0.309 e. The molecule has 1 rings (SSSR count). The van der Waals surface area contributed by atoms with Crippen LogP contribution < -0.4 is 5.32 Å². The Kier molecular flexibility index (Phi) is 8.32. The van der Waals surface area contributed by atoms with Crippen LogP contribution >= 0.6 is 0 Å². The van der Waals surface area contributed by atoms with Crippen molar-refractivity contribution in [1.29, 1.82) is 0 Å². The van der Waals surface area contributed by atoms with E-state index >= 15 is 0 Å². The Balaban J connectivity index is 3.19. The van der Waals surface area contributed by atoms with E-state index in [0.717, 1.165) is 6.42 Å². The highest BCUT2D eigenvalue weighted by Gasteiger charge is 2.42. The van der Waals surface area contributed by atoms with Crippen LogP contribution in [0.2, 0.25) is 0 Å². The number of rotatable bonds is 2. The summed E-state index contributed by atoms with van der Waals surface area (Å²) in [6.45, 7) is 15.4. The van der Waals surface area contributed by atoms with Gasteiger partial charge in [-0.05, 0) is 51.4 Å². The van der Waals surface area contributed by atoms with E-state index in [1.54, 1.807) is 7.11 Å². The van der Waals surface area contributed by atoms with Gasteiger partial charge in [-0.25, -0.2) is 0 Å². The lowest BCUT2D eigenvalue weighted by Crippen LogP contribution is -2.57. The molecule has 0 radical (unpaired) electrons. The fourth-order valence-corrected chi connectivity index (χ4v) is 4.05. The predicted octanol–water partition coefficient (Wildman–Crippen LogP) is 2.98. The number of cyclic esters (lactones) is 1. The summed E-state index contributed by atoms with van der Waals surface area (Å²) in [5.41, 5.74) is -1.41. The van der Waals surface area contributed by atoms with Crippen molar-refractivity contribution in [3.8, 4) is 0 Å². The van der Waals surface area contributed by atoms with Crippen LogP contribution in [0, 0.1) is 17.8 Å². The summed E-state index contributed by atoms with van der Waals surface area (Å²) in [5.74, 6) is -0.369. The summed E-state index contributed by atoms with van der Waals surface area (Å²) in [7, 11) is 1.70. The first kappa shape index (κ1) is 23.9. The molecule has 6 nitrogen and oxygen atoms in total. The zero-order valence-electron chi connectivity index (χ0n) is 18.0. The number of aliphatic hydroxyl groups excluding tert-OH is 1. The number of carbonyl (C=O) groups is 1. The van der Waals surface area contributed by atoms with Crippen molar-refractivity contribution in [2.24, 2.45) is 17.8 Å². The normalized spacial score (nSPS) is 42.8. The average Bonchev–Trinajstić information content (AvgIpc) is 2.57. The average molecular weight is 386 g/mol. The molecule has 0 aromatic carbocycles. The molecule has 1 aliphatic heterocycles. The number of nitrogens with one attached hydrogen (secondary N) is 1. The lowest BCUT2D eigenvalue weighted by Gasteiger charge is -2.39. The van der Waals surface area contributed by atoms with Gasteiger partial charge >= 0.3 is 5.97 Å². The molecule has 7 atom stereocenters. The number of hydrogen-bond donors (Lipinski definition) is 3. The number of ether oxygens (including phenoxy) is 2. The summed E-state index contributed by atoms with van der Waals surface area (Å²) in [4.78, 5) is 12.6. The Morgan fingerprint density at radius 2 is 1.85 bits per heavy atom. The third kappa shape index (κ3) is 6.19. The van der Waals surface area contributed by atoms with E-state index in [9.17, 15) is 15.0 Å². The molecule has 0 saturated carbocycles. The molecule has 0 aromatic heterocycles. The Morgan fingerprint density at radius 1 is 1.26 bits per heavy atom. The van der Waals surface area contributed by atoms with E-state index in [1.165, 1.54) is 6.92 Å². The standard InChI is InChI=1S/C21H39NO5/c1-9-17-21(7,25)19(24)22-16(5)15(4)12-20(6,26-8)11-13(2)10-14(3)18(23)27-17/h13-15,17,19,22,24-25H,5,9-12H2,1-4,6-8H3/t13-,14?,15+,17+,19?,20-,21+/m0/s1. The highest BCUT2D eigenvalue weighted by atomic mass is 16.6. The van der Waals surface area contributed by atoms with Gasteiger partial charge in [-0.15, -0.1) is 0 Å². The molecule has 158 valence electrons. The number of allylic oxidation sites excluding steroid dienone is 1. The Morgan fingerprint density at radius 3 is 2.37 bits per heavy atom. The van der Waals surface area contributed by atoms with Gasteiger partial charge < -0.3 is 25.0 Å². The quantitative estimate of drug-likeness (QED) is 0.634. The van der Waals surface area contributed by atoms with Gasteiger partial charge in [-0.3, -0.25) is 4.79 Å². The van der Waals surface area contributed by atoms with Crippen LogP contribution in [-0.2, 0) is 14.3 Å². The molecule has 0 aromatic rings. The molecule has 6 heteroatoms. The van der Waals surface area contributed by atoms with Crippen molar-refractivity contribution < 1.29 is 24.5 Å². The summed E-state index contributed by atoms with van der Waals surface area (Å²) in [6, 6.07) is 0. The summed E-state index contributed by atoms with van der Waals surface area (Å²) in [5, 5.41) is 24.3. The fraction of sp³-hybridized carbons (Fsp3) is 0.857. The van der Waals surface area contributed by atoms with Crippen LogP contribution in [0.1, 0.15) is 67.2 Å². The van der Waals surface area contributed by atoms with Gasteiger partial charge in [-0.1, -0.05) is 34.3 Å². The van der Waals surface area contributed by atoms with E-state index in [4.69, 9.17) is 9.47 Å². The van der Waals surface area contributed by atoms with Crippen LogP contribution in [-0.4, -0.2) is 46.8 Å². The Labute approximate surface area is 164 Å². The zero-order valence-corrected chi connectivity index (χ0v) is 18.0. The molecular weight excluding hydrogens is 346 g/mol. The van der Waals surface area contributed by atoms with E-state index in [2.05, 4.69) is 25.7 Å². The molecule has 1 saturated heterocycles. The summed E-state index contributed by atoms with van der Waals surface area (Å²) < 4.78 is 11.4. The van der Waals surface area contributed by atoms with E-state index in [0.29, 0.717) is 25.0 Å². The van der Waals surface area contributed by atoms with Crippen LogP contribution in [0.25, 0.3) is 0 Å². The summed E-state index contributed by atoms with van der Waals surface area (Å²) in [6.07, 6.45) is 0.452. The number of hydrogen-bond acceptors (Lipinski definition) is 6. The third-order valence-corrected chi connectivity index (χ3v) is 5.92. The van der Waals surface area contributed by atoms with Crippen molar-refractivity contribution in [2.75, 3.05) is 7.11 Å². The van der Waals surface area contributed by atoms with Crippen molar-refractivity contribution in [1.82, 2.24) is 5.32 Å². The first-order chi connectivity index (χ1) is 12.4. The van der Waals surface area contributed by atoms with Gasteiger partial charge in [0.2, 0.25) is 0 Å². The second-order valence-electron chi connectivity index (χ2n) is 8.84. The lowest BCUT2D eigenvalue weighted by molar-refractivity contribution is -0.186. The lowest BCUT2D eigenvalue weighted by atomic mass is 9.81. The molecule has 0 spiro atoms. The Bertz CT molecular complexity index is 521. The predicted molar refractivity (Wildman–Crippen MR) is 106 cm³/mol. The summed E-state index contributed by atoms with van der Waals surface area (Å²) >= 11 is 0. The first-order valence-electron chi connectivity index (χ1n) is 9.97. The van der Waals surface area contributed by atoms with Crippen LogP contribution in [0.5, 0.6) is 0 Å². The van der Waals surface area contributed by atoms with Crippen molar-refractivity contribution in [3.63, 3.8) is 0 Å². The minimum absolute atomic E-state index is 0.0237. The second-order valence-corrected chi connectivity index (χ2v) is 8.84. The molecule has 27 heavy (non-hydrogen) atoms. The molecule has 0 bridgehead atoms. The monoisotopic (exact) mass is 385 g/mol. The molecule has 2 unspecified atom stereocenters. The molecule has 1 heterocycles. The molecular formula is C21H39NO5. The topological polar surface area (TPSA) is 88.0 Å². The molecule has 3 N–H and O–H groups in total. The molecule has 0 aliphatic carbocycles.